The van der Waals surface area contributed by atoms with E-state index in [0.717, 1.165) is 18.5 Å². The Morgan fingerprint density at radius 2 is 1.88 bits per heavy atom. The number of carbonyl (C=O) groups is 1. The second kappa shape index (κ2) is 6.40. The zero-order valence-electron chi connectivity index (χ0n) is 10.9. The van der Waals surface area contributed by atoms with Crippen molar-refractivity contribution >= 4 is 5.91 Å². The van der Waals surface area contributed by atoms with Gasteiger partial charge in [0.25, 0.3) is 0 Å². The lowest BCUT2D eigenvalue weighted by atomic mass is 10.1. The molecule has 1 amide bonds. The number of nitrogens with two attached hydrogens (primary N) is 1. The summed E-state index contributed by atoms with van der Waals surface area (Å²) in [4.78, 5) is 14.1. The molecule has 0 aliphatic carbocycles. The standard InChI is InChI=1S/C14H22N2O/c1-4-10-16(11(2)3)14(17)13(15)12-8-6-5-7-9-12/h5-9,11,13H,4,10,15H2,1-3H3/t13-/m1/s1. The van der Waals surface area contributed by atoms with Crippen LogP contribution < -0.4 is 5.73 Å². The average Bonchev–Trinajstić information content (AvgIpc) is 2.35. The van der Waals surface area contributed by atoms with Gasteiger partial charge in [-0.05, 0) is 25.8 Å². The van der Waals surface area contributed by atoms with Crippen LogP contribution in [0.25, 0.3) is 0 Å². The first-order valence-corrected chi connectivity index (χ1v) is 6.19. The van der Waals surface area contributed by atoms with Crippen molar-refractivity contribution in [3.8, 4) is 0 Å². The molecule has 94 valence electrons. The van der Waals surface area contributed by atoms with Crippen molar-refractivity contribution in [2.24, 2.45) is 5.73 Å². The van der Waals surface area contributed by atoms with Gasteiger partial charge < -0.3 is 10.6 Å². The maximum Gasteiger partial charge on any atom is 0.244 e. The van der Waals surface area contributed by atoms with E-state index < -0.39 is 6.04 Å². The molecule has 0 saturated carbocycles. The predicted octanol–water partition coefficient (Wildman–Crippen LogP) is 2.33. The largest absolute Gasteiger partial charge is 0.339 e. The molecule has 1 rings (SSSR count). The summed E-state index contributed by atoms with van der Waals surface area (Å²) < 4.78 is 0. The fraction of sp³-hybridized carbons (Fsp3) is 0.500. The number of amides is 1. The molecule has 1 aromatic rings. The van der Waals surface area contributed by atoms with Crippen molar-refractivity contribution in [2.45, 2.75) is 39.3 Å². The molecule has 1 aromatic carbocycles. The normalized spacial score (nSPS) is 12.5. The molecule has 0 bridgehead atoms. The second-order valence-electron chi connectivity index (χ2n) is 4.51. The first-order chi connectivity index (χ1) is 8.07. The number of nitrogens with zero attached hydrogens (tertiary/aromatic N) is 1. The van der Waals surface area contributed by atoms with E-state index in [2.05, 4.69) is 6.92 Å². The van der Waals surface area contributed by atoms with Crippen LogP contribution in [0.15, 0.2) is 30.3 Å². The summed E-state index contributed by atoms with van der Waals surface area (Å²) in [6.45, 7) is 6.87. The molecule has 0 saturated heterocycles. The van der Waals surface area contributed by atoms with Gasteiger partial charge in [-0.15, -0.1) is 0 Å². The van der Waals surface area contributed by atoms with Crippen LogP contribution in [0.4, 0.5) is 0 Å². The van der Waals surface area contributed by atoms with Crippen molar-refractivity contribution in [3.63, 3.8) is 0 Å². The van der Waals surface area contributed by atoms with Crippen LogP contribution in [0.5, 0.6) is 0 Å². The van der Waals surface area contributed by atoms with Crippen molar-refractivity contribution < 1.29 is 4.79 Å². The van der Waals surface area contributed by atoms with Gasteiger partial charge in [-0.25, -0.2) is 0 Å². The van der Waals surface area contributed by atoms with Gasteiger partial charge in [0.05, 0.1) is 0 Å². The molecular weight excluding hydrogens is 212 g/mol. The van der Waals surface area contributed by atoms with E-state index in [1.165, 1.54) is 0 Å². The van der Waals surface area contributed by atoms with Gasteiger partial charge in [-0.3, -0.25) is 4.79 Å². The zero-order valence-corrected chi connectivity index (χ0v) is 10.9. The van der Waals surface area contributed by atoms with Crippen LogP contribution in [-0.2, 0) is 4.79 Å². The van der Waals surface area contributed by atoms with Crippen molar-refractivity contribution in [1.82, 2.24) is 4.90 Å². The molecule has 3 nitrogen and oxygen atoms in total. The monoisotopic (exact) mass is 234 g/mol. The van der Waals surface area contributed by atoms with Crippen LogP contribution in [-0.4, -0.2) is 23.4 Å². The first kappa shape index (κ1) is 13.7. The smallest absolute Gasteiger partial charge is 0.244 e. The van der Waals surface area contributed by atoms with Gasteiger partial charge in [0.1, 0.15) is 6.04 Å². The Labute approximate surface area is 104 Å². The molecule has 17 heavy (non-hydrogen) atoms. The maximum atomic E-state index is 12.3. The van der Waals surface area contributed by atoms with E-state index in [1.807, 2.05) is 49.1 Å². The number of hydrogen-bond acceptors (Lipinski definition) is 2. The molecule has 0 unspecified atom stereocenters. The van der Waals surface area contributed by atoms with Gasteiger partial charge in [-0.2, -0.15) is 0 Å². The van der Waals surface area contributed by atoms with Gasteiger partial charge in [0, 0.05) is 12.6 Å². The average molecular weight is 234 g/mol. The minimum atomic E-state index is -0.551. The minimum absolute atomic E-state index is 0.00745. The Kier molecular flexibility index (Phi) is 5.16. The Hall–Kier alpha value is -1.35. The minimum Gasteiger partial charge on any atom is -0.339 e. The summed E-state index contributed by atoms with van der Waals surface area (Å²) in [5.74, 6) is 0.00745. The molecule has 0 heterocycles. The Morgan fingerprint density at radius 3 is 2.35 bits per heavy atom. The Balaban J connectivity index is 2.80. The molecule has 0 spiro atoms. The molecule has 3 heteroatoms. The lowest BCUT2D eigenvalue weighted by molar-refractivity contribution is -0.134. The molecule has 0 aromatic heterocycles. The molecular formula is C14H22N2O. The van der Waals surface area contributed by atoms with E-state index in [9.17, 15) is 4.79 Å². The third kappa shape index (κ3) is 3.56. The number of rotatable bonds is 5. The predicted molar refractivity (Wildman–Crippen MR) is 70.5 cm³/mol. The summed E-state index contributed by atoms with van der Waals surface area (Å²) in [7, 11) is 0. The molecule has 0 radical (unpaired) electrons. The van der Waals surface area contributed by atoms with Crippen molar-refractivity contribution in [1.29, 1.82) is 0 Å². The zero-order chi connectivity index (χ0) is 12.8. The lowest BCUT2D eigenvalue weighted by Crippen LogP contribution is -2.43. The highest BCUT2D eigenvalue weighted by atomic mass is 16.2. The highest BCUT2D eigenvalue weighted by Gasteiger charge is 2.23. The van der Waals surface area contributed by atoms with Crippen LogP contribution >= 0.6 is 0 Å². The quantitative estimate of drug-likeness (QED) is 0.850. The van der Waals surface area contributed by atoms with Crippen LogP contribution in [0.3, 0.4) is 0 Å². The fourth-order valence-electron chi connectivity index (χ4n) is 1.85. The second-order valence-corrected chi connectivity index (χ2v) is 4.51. The fourth-order valence-corrected chi connectivity index (χ4v) is 1.85. The highest BCUT2D eigenvalue weighted by molar-refractivity contribution is 5.83. The van der Waals surface area contributed by atoms with Crippen LogP contribution in [0.2, 0.25) is 0 Å². The van der Waals surface area contributed by atoms with E-state index in [-0.39, 0.29) is 11.9 Å². The van der Waals surface area contributed by atoms with E-state index in [1.54, 1.807) is 0 Å². The summed E-state index contributed by atoms with van der Waals surface area (Å²) in [5.41, 5.74) is 6.89. The summed E-state index contributed by atoms with van der Waals surface area (Å²) in [6.07, 6.45) is 0.950. The summed E-state index contributed by atoms with van der Waals surface area (Å²) >= 11 is 0. The summed E-state index contributed by atoms with van der Waals surface area (Å²) in [6, 6.07) is 9.17. The SMILES string of the molecule is CCCN(C(=O)[C@H](N)c1ccccc1)C(C)C. The third-order valence-electron chi connectivity index (χ3n) is 2.80. The number of hydrogen-bond donors (Lipinski definition) is 1. The van der Waals surface area contributed by atoms with Crippen LogP contribution in [0, 0.1) is 0 Å². The Bertz CT molecular complexity index is 348. The topological polar surface area (TPSA) is 46.3 Å². The number of benzene rings is 1. The number of carbonyl (C=O) groups excluding carboxylic acids is 1. The van der Waals surface area contributed by atoms with E-state index >= 15 is 0 Å². The van der Waals surface area contributed by atoms with Crippen LogP contribution in [0.1, 0.15) is 38.8 Å². The lowest BCUT2D eigenvalue weighted by Gasteiger charge is -2.29. The maximum absolute atomic E-state index is 12.3. The first-order valence-electron chi connectivity index (χ1n) is 6.19. The molecule has 0 aliphatic heterocycles. The highest BCUT2D eigenvalue weighted by Crippen LogP contribution is 2.14. The third-order valence-corrected chi connectivity index (χ3v) is 2.80. The summed E-state index contributed by atoms with van der Waals surface area (Å²) in [5, 5.41) is 0. The molecule has 0 fully saturated rings. The van der Waals surface area contributed by atoms with Gasteiger partial charge >= 0.3 is 0 Å². The van der Waals surface area contributed by atoms with Crippen molar-refractivity contribution in [3.05, 3.63) is 35.9 Å². The van der Waals surface area contributed by atoms with E-state index in [0.29, 0.717) is 0 Å². The van der Waals surface area contributed by atoms with Crippen molar-refractivity contribution in [2.75, 3.05) is 6.54 Å². The van der Waals surface area contributed by atoms with E-state index in [4.69, 9.17) is 5.73 Å². The molecule has 2 N–H and O–H groups in total. The van der Waals surface area contributed by atoms with Gasteiger partial charge in [0.2, 0.25) is 5.91 Å². The Morgan fingerprint density at radius 1 is 1.29 bits per heavy atom. The molecule has 1 atom stereocenters. The molecule has 0 aliphatic rings. The van der Waals surface area contributed by atoms with Gasteiger partial charge in [-0.1, -0.05) is 37.3 Å². The van der Waals surface area contributed by atoms with Gasteiger partial charge in [0.15, 0.2) is 0 Å².